The minimum absolute atomic E-state index is 0.654. The van der Waals surface area contributed by atoms with Crippen LogP contribution in [-0.4, -0.2) is 14.5 Å². The summed E-state index contributed by atoms with van der Waals surface area (Å²) in [6.45, 7) is 0. The van der Waals surface area contributed by atoms with Crippen LogP contribution in [0.15, 0.2) is 197 Å². The van der Waals surface area contributed by atoms with Gasteiger partial charge in [0.2, 0.25) is 0 Å². The number of hydrogen-bond donors (Lipinski definition) is 0. The highest BCUT2D eigenvalue weighted by atomic mass is 16.3. The molecule has 0 bridgehead atoms. The Bertz CT molecular complexity index is 3860. The lowest BCUT2D eigenvalue weighted by Gasteiger charge is -2.14. The van der Waals surface area contributed by atoms with Crippen molar-refractivity contribution in [2.24, 2.45) is 0 Å². The van der Waals surface area contributed by atoms with Crippen molar-refractivity contribution in [1.82, 2.24) is 14.5 Å². The lowest BCUT2D eigenvalue weighted by Crippen LogP contribution is -1.99. The molecule has 0 radical (unpaired) electrons. The number of para-hydroxylation sites is 3. The van der Waals surface area contributed by atoms with E-state index in [2.05, 4.69) is 162 Å². The quantitative estimate of drug-likeness (QED) is 0.180. The number of aromatic nitrogens is 3. The number of benzene rings is 9. The van der Waals surface area contributed by atoms with E-state index in [1.165, 1.54) is 21.5 Å². The van der Waals surface area contributed by atoms with Crippen molar-refractivity contribution < 1.29 is 8.83 Å². The fourth-order valence-electron chi connectivity index (χ4n) is 9.30. The van der Waals surface area contributed by atoms with Crippen LogP contribution < -0.4 is 0 Å². The molecular weight excluding hydrogens is 723 g/mol. The number of furan rings is 2. The van der Waals surface area contributed by atoms with Gasteiger partial charge in [-0.1, -0.05) is 133 Å². The summed E-state index contributed by atoms with van der Waals surface area (Å²) in [5.74, 6) is 0.654. The monoisotopic (exact) mass is 753 g/mol. The van der Waals surface area contributed by atoms with Crippen molar-refractivity contribution in [2.45, 2.75) is 0 Å². The Kier molecular flexibility index (Phi) is 6.66. The minimum Gasteiger partial charge on any atom is -0.456 e. The number of hydrogen-bond acceptors (Lipinski definition) is 4. The third kappa shape index (κ3) is 4.79. The molecule has 13 aromatic rings. The van der Waals surface area contributed by atoms with Crippen LogP contribution in [-0.2, 0) is 0 Å². The van der Waals surface area contributed by atoms with Gasteiger partial charge in [0.15, 0.2) is 11.4 Å². The maximum absolute atomic E-state index is 6.83. The predicted molar refractivity (Wildman–Crippen MR) is 242 cm³/mol. The van der Waals surface area contributed by atoms with Crippen LogP contribution in [0, 0.1) is 0 Å². The zero-order valence-corrected chi connectivity index (χ0v) is 31.6. The first kappa shape index (κ1) is 32.1. The van der Waals surface area contributed by atoms with Crippen LogP contribution in [0.3, 0.4) is 0 Å². The Morgan fingerprint density at radius 1 is 0.373 bits per heavy atom. The standard InChI is InChI=1S/C54H31N3O2/c1-2-15-34-29-47-42(27-33(34)14-1)37-18-5-8-23-46(37)57(47)48-30-35(28-43-38-19-6-9-24-49(38)59-53(43)48)44-31-45(40-22-12-26-51-52(40)41-20-7-10-25-50(41)58-51)56-54(55-44)39-21-11-16-32-13-3-4-17-36(32)39/h1-31H. The predicted octanol–water partition coefficient (Wildman–Crippen LogP) is 14.7. The van der Waals surface area contributed by atoms with Crippen LogP contribution in [0.2, 0.25) is 0 Å². The van der Waals surface area contributed by atoms with Crippen molar-refractivity contribution in [2.75, 3.05) is 0 Å². The molecule has 0 spiro atoms. The summed E-state index contributed by atoms with van der Waals surface area (Å²) in [6, 6.07) is 66.0. The molecule has 0 amide bonds. The molecule has 5 nitrogen and oxygen atoms in total. The smallest absolute Gasteiger partial charge is 0.161 e. The van der Waals surface area contributed by atoms with Gasteiger partial charge in [0.05, 0.1) is 28.1 Å². The Balaban J connectivity index is 1.15. The highest BCUT2D eigenvalue weighted by Gasteiger charge is 2.22. The summed E-state index contributed by atoms with van der Waals surface area (Å²) in [5, 5.41) is 11.2. The van der Waals surface area contributed by atoms with E-state index in [9.17, 15) is 0 Å². The maximum atomic E-state index is 6.83. The molecular formula is C54H31N3O2. The van der Waals surface area contributed by atoms with E-state index in [1.54, 1.807) is 0 Å². The second-order valence-corrected chi connectivity index (χ2v) is 15.3. The number of nitrogens with zero attached hydrogens (tertiary/aromatic N) is 3. The Morgan fingerprint density at radius 3 is 1.86 bits per heavy atom. The lowest BCUT2D eigenvalue weighted by molar-refractivity contribution is 0.666. The third-order valence-electron chi connectivity index (χ3n) is 12.0. The molecule has 0 fully saturated rings. The van der Waals surface area contributed by atoms with Crippen LogP contribution >= 0.6 is 0 Å². The molecule has 5 heteroatoms. The fourth-order valence-corrected chi connectivity index (χ4v) is 9.30. The molecule has 9 aromatic carbocycles. The van der Waals surface area contributed by atoms with Gasteiger partial charge in [-0.2, -0.15) is 0 Å². The van der Waals surface area contributed by atoms with Crippen molar-refractivity contribution in [3.63, 3.8) is 0 Å². The van der Waals surface area contributed by atoms with Gasteiger partial charge in [-0.25, -0.2) is 9.97 Å². The van der Waals surface area contributed by atoms with E-state index in [0.717, 1.165) is 99.4 Å². The highest BCUT2D eigenvalue weighted by molar-refractivity contribution is 6.16. The highest BCUT2D eigenvalue weighted by Crippen LogP contribution is 2.43. The molecule has 0 aliphatic heterocycles. The van der Waals surface area contributed by atoms with Crippen molar-refractivity contribution in [1.29, 1.82) is 0 Å². The zero-order valence-electron chi connectivity index (χ0n) is 31.6. The summed E-state index contributed by atoms with van der Waals surface area (Å²) in [4.78, 5) is 10.9. The summed E-state index contributed by atoms with van der Waals surface area (Å²) in [5.41, 5.74) is 11.0. The Hall–Kier alpha value is -8.02. The zero-order chi connectivity index (χ0) is 38.6. The van der Waals surface area contributed by atoms with Gasteiger partial charge in [0.1, 0.15) is 16.7 Å². The molecule has 0 aliphatic rings. The third-order valence-corrected chi connectivity index (χ3v) is 12.0. The van der Waals surface area contributed by atoms with Gasteiger partial charge in [-0.15, -0.1) is 0 Å². The molecule has 0 aliphatic carbocycles. The molecule has 0 saturated heterocycles. The molecule has 0 unspecified atom stereocenters. The fraction of sp³-hybridized carbons (Fsp3) is 0. The molecule has 59 heavy (non-hydrogen) atoms. The van der Waals surface area contributed by atoms with Gasteiger partial charge in [0.25, 0.3) is 0 Å². The summed E-state index contributed by atoms with van der Waals surface area (Å²) in [7, 11) is 0. The minimum atomic E-state index is 0.654. The van der Waals surface area contributed by atoms with Crippen molar-refractivity contribution >= 4 is 87.2 Å². The Labute approximate surface area is 337 Å². The molecule has 0 atom stereocenters. The van der Waals surface area contributed by atoms with E-state index in [-0.39, 0.29) is 0 Å². The summed E-state index contributed by atoms with van der Waals surface area (Å²) < 4.78 is 15.6. The number of rotatable bonds is 4. The molecule has 274 valence electrons. The largest absolute Gasteiger partial charge is 0.456 e. The van der Waals surface area contributed by atoms with E-state index >= 15 is 0 Å². The normalized spacial score (nSPS) is 12.1. The van der Waals surface area contributed by atoms with Gasteiger partial charge in [-0.05, 0) is 76.1 Å². The van der Waals surface area contributed by atoms with Crippen LogP contribution in [0.1, 0.15) is 0 Å². The average molecular weight is 754 g/mol. The molecule has 4 heterocycles. The lowest BCUT2D eigenvalue weighted by atomic mass is 9.99. The van der Waals surface area contributed by atoms with E-state index in [1.807, 2.05) is 30.3 Å². The van der Waals surface area contributed by atoms with Crippen LogP contribution in [0.5, 0.6) is 0 Å². The maximum Gasteiger partial charge on any atom is 0.161 e. The second-order valence-electron chi connectivity index (χ2n) is 15.3. The average Bonchev–Trinajstić information content (AvgIpc) is 3.97. The first-order chi connectivity index (χ1) is 29.2. The molecule has 0 N–H and O–H groups in total. The SMILES string of the molecule is c1ccc2cc3c(cc2c1)c1ccccc1n3-c1cc(-c2cc(-c3cccc4oc5ccccc5c34)nc(-c3cccc4ccccc34)n2)cc2c1oc1ccccc12. The number of fused-ring (bicyclic) bond motifs is 11. The van der Waals surface area contributed by atoms with Gasteiger partial charge >= 0.3 is 0 Å². The van der Waals surface area contributed by atoms with Crippen LogP contribution in [0.25, 0.3) is 127 Å². The van der Waals surface area contributed by atoms with Crippen molar-refractivity contribution in [3.8, 4) is 39.6 Å². The van der Waals surface area contributed by atoms with Gasteiger partial charge in [0, 0.05) is 49.0 Å². The van der Waals surface area contributed by atoms with Gasteiger partial charge in [-0.3, -0.25) is 0 Å². The van der Waals surface area contributed by atoms with Crippen molar-refractivity contribution in [3.05, 3.63) is 188 Å². The topological polar surface area (TPSA) is 57.0 Å². The molecule has 0 saturated carbocycles. The second kappa shape index (κ2) is 12.2. The van der Waals surface area contributed by atoms with Gasteiger partial charge < -0.3 is 13.4 Å². The summed E-state index contributed by atoms with van der Waals surface area (Å²) >= 11 is 0. The molecule has 4 aromatic heterocycles. The summed E-state index contributed by atoms with van der Waals surface area (Å²) in [6.07, 6.45) is 0. The molecule has 13 rings (SSSR count). The first-order valence-corrected chi connectivity index (χ1v) is 19.9. The van der Waals surface area contributed by atoms with E-state index < -0.39 is 0 Å². The first-order valence-electron chi connectivity index (χ1n) is 19.9. The Morgan fingerprint density at radius 2 is 1.00 bits per heavy atom. The van der Waals surface area contributed by atoms with Crippen LogP contribution in [0.4, 0.5) is 0 Å². The van der Waals surface area contributed by atoms with E-state index in [4.69, 9.17) is 18.8 Å². The van der Waals surface area contributed by atoms with E-state index in [0.29, 0.717) is 5.82 Å².